The lowest BCUT2D eigenvalue weighted by molar-refractivity contribution is -0.123. The van der Waals surface area contributed by atoms with Gasteiger partial charge in [0, 0.05) is 6.04 Å². The van der Waals surface area contributed by atoms with Crippen molar-refractivity contribution in [3.63, 3.8) is 0 Å². The molecule has 0 aliphatic carbocycles. The zero-order valence-corrected chi connectivity index (χ0v) is 11.9. The average molecular weight is 266 g/mol. The molecule has 100 valence electrons. The maximum absolute atomic E-state index is 11.9. The molecule has 0 aliphatic heterocycles. The van der Waals surface area contributed by atoms with E-state index in [9.17, 15) is 4.79 Å². The van der Waals surface area contributed by atoms with E-state index in [1.807, 2.05) is 49.0 Å². The zero-order chi connectivity index (χ0) is 13.4. The Labute approximate surface area is 114 Å². The van der Waals surface area contributed by atoms with Crippen LogP contribution in [0.4, 0.5) is 0 Å². The third-order valence-electron chi connectivity index (χ3n) is 2.73. The first kappa shape index (κ1) is 15.1. The number of hydrogen-bond acceptors (Lipinski definition) is 3. The van der Waals surface area contributed by atoms with E-state index in [0.29, 0.717) is 0 Å². The Morgan fingerprint density at radius 1 is 1.39 bits per heavy atom. The molecule has 3 nitrogen and oxygen atoms in total. The minimum atomic E-state index is -0.576. The standard InChI is InChI=1S/C14H22N2OS/c1-3-18-10-9-11(2)16-14(17)13(15)12-7-5-4-6-8-12/h4-8,11,13H,3,9-10,15H2,1-2H3,(H,16,17)/t11?,13-/m0/s1. The van der Waals surface area contributed by atoms with Gasteiger partial charge in [0.2, 0.25) is 5.91 Å². The second-order valence-corrected chi connectivity index (χ2v) is 5.68. The highest BCUT2D eigenvalue weighted by Crippen LogP contribution is 2.10. The number of carbonyl (C=O) groups is 1. The molecule has 0 aromatic heterocycles. The van der Waals surface area contributed by atoms with Gasteiger partial charge in [-0.25, -0.2) is 0 Å². The van der Waals surface area contributed by atoms with E-state index in [2.05, 4.69) is 12.2 Å². The molecular weight excluding hydrogens is 244 g/mol. The van der Waals surface area contributed by atoms with Gasteiger partial charge in [0.1, 0.15) is 6.04 Å². The number of carbonyl (C=O) groups excluding carboxylic acids is 1. The van der Waals surface area contributed by atoms with Crippen LogP contribution in [0.5, 0.6) is 0 Å². The van der Waals surface area contributed by atoms with Crippen LogP contribution in [0.1, 0.15) is 31.9 Å². The maximum Gasteiger partial charge on any atom is 0.241 e. The third-order valence-corrected chi connectivity index (χ3v) is 3.66. The summed E-state index contributed by atoms with van der Waals surface area (Å²) in [5, 5.41) is 2.96. The van der Waals surface area contributed by atoms with Crippen LogP contribution in [0.25, 0.3) is 0 Å². The van der Waals surface area contributed by atoms with E-state index in [1.165, 1.54) is 0 Å². The lowest BCUT2D eigenvalue weighted by atomic mass is 10.1. The third kappa shape index (κ3) is 5.10. The number of nitrogens with two attached hydrogens (primary N) is 1. The summed E-state index contributed by atoms with van der Waals surface area (Å²) in [7, 11) is 0. The van der Waals surface area contributed by atoms with E-state index in [-0.39, 0.29) is 11.9 Å². The molecule has 0 aliphatic rings. The van der Waals surface area contributed by atoms with E-state index >= 15 is 0 Å². The topological polar surface area (TPSA) is 55.1 Å². The van der Waals surface area contributed by atoms with Crippen LogP contribution in [0.3, 0.4) is 0 Å². The fraction of sp³-hybridized carbons (Fsp3) is 0.500. The first-order chi connectivity index (χ1) is 8.65. The van der Waals surface area contributed by atoms with Crippen LogP contribution in [0, 0.1) is 0 Å². The van der Waals surface area contributed by atoms with Crippen molar-refractivity contribution in [2.24, 2.45) is 5.73 Å². The van der Waals surface area contributed by atoms with Crippen molar-refractivity contribution in [3.8, 4) is 0 Å². The van der Waals surface area contributed by atoms with E-state index in [4.69, 9.17) is 5.73 Å². The van der Waals surface area contributed by atoms with Crippen LogP contribution in [-0.4, -0.2) is 23.5 Å². The minimum Gasteiger partial charge on any atom is -0.352 e. The number of hydrogen-bond donors (Lipinski definition) is 2. The lowest BCUT2D eigenvalue weighted by Gasteiger charge is -2.17. The Balaban J connectivity index is 2.40. The van der Waals surface area contributed by atoms with Crippen molar-refractivity contribution in [3.05, 3.63) is 35.9 Å². The normalized spacial score (nSPS) is 13.9. The van der Waals surface area contributed by atoms with Crippen molar-refractivity contribution in [2.75, 3.05) is 11.5 Å². The molecule has 0 fully saturated rings. The fourth-order valence-electron chi connectivity index (χ4n) is 1.62. The van der Waals surface area contributed by atoms with Gasteiger partial charge in [0.15, 0.2) is 0 Å². The van der Waals surface area contributed by atoms with Crippen molar-refractivity contribution < 1.29 is 4.79 Å². The highest BCUT2D eigenvalue weighted by atomic mass is 32.2. The quantitative estimate of drug-likeness (QED) is 0.745. The van der Waals surface area contributed by atoms with Gasteiger partial charge in [0.25, 0.3) is 0 Å². The van der Waals surface area contributed by atoms with Crippen LogP contribution in [0.15, 0.2) is 30.3 Å². The van der Waals surface area contributed by atoms with E-state index in [0.717, 1.165) is 23.5 Å². The molecule has 3 N–H and O–H groups in total. The molecule has 1 unspecified atom stereocenters. The first-order valence-corrected chi connectivity index (χ1v) is 7.49. The van der Waals surface area contributed by atoms with Crippen molar-refractivity contribution in [2.45, 2.75) is 32.4 Å². The summed E-state index contributed by atoms with van der Waals surface area (Å²) in [6, 6.07) is 9.05. The summed E-state index contributed by atoms with van der Waals surface area (Å²) in [6.07, 6.45) is 0.978. The molecule has 0 radical (unpaired) electrons. The Kier molecular flexibility index (Phi) is 6.83. The predicted octanol–water partition coefficient (Wildman–Crippen LogP) is 2.33. The summed E-state index contributed by atoms with van der Waals surface area (Å²) in [4.78, 5) is 11.9. The number of thioether (sulfide) groups is 1. The van der Waals surface area contributed by atoms with Gasteiger partial charge in [-0.15, -0.1) is 0 Å². The maximum atomic E-state index is 11.9. The average Bonchev–Trinajstić information content (AvgIpc) is 2.39. The van der Waals surface area contributed by atoms with Gasteiger partial charge >= 0.3 is 0 Å². The number of rotatable bonds is 7. The molecule has 0 bridgehead atoms. The second-order valence-electron chi connectivity index (χ2n) is 4.28. The van der Waals surface area contributed by atoms with Gasteiger partial charge in [-0.2, -0.15) is 11.8 Å². The highest BCUT2D eigenvalue weighted by Gasteiger charge is 2.16. The molecular formula is C14H22N2OS. The monoisotopic (exact) mass is 266 g/mol. The molecule has 0 heterocycles. The van der Waals surface area contributed by atoms with E-state index in [1.54, 1.807) is 0 Å². The minimum absolute atomic E-state index is 0.102. The Hall–Kier alpha value is -1.00. The number of nitrogens with one attached hydrogen (secondary N) is 1. The molecule has 1 aromatic carbocycles. The fourth-order valence-corrected chi connectivity index (χ4v) is 2.43. The van der Waals surface area contributed by atoms with Gasteiger partial charge in [-0.3, -0.25) is 4.79 Å². The molecule has 2 atom stereocenters. The van der Waals surface area contributed by atoms with Crippen molar-refractivity contribution >= 4 is 17.7 Å². The lowest BCUT2D eigenvalue weighted by Crippen LogP contribution is -2.39. The second kappa shape index (κ2) is 8.16. The molecule has 4 heteroatoms. The largest absolute Gasteiger partial charge is 0.352 e. The zero-order valence-electron chi connectivity index (χ0n) is 11.1. The van der Waals surface area contributed by atoms with Crippen molar-refractivity contribution in [1.29, 1.82) is 0 Å². The summed E-state index contributed by atoms with van der Waals surface area (Å²) in [6.45, 7) is 4.16. The molecule has 18 heavy (non-hydrogen) atoms. The van der Waals surface area contributed by atoms with Gasteiger partial charge < -0.3 is 11.1 Å². The summed E-state index contributed by atoms with van der Waals surface area (Å²) in [5.74, 6) is 2.08. The first-order valence-electron chi connectivity index (χ1n) is 6.33. The van der Waals surface area contributed by atoms with Crippen LogP contribution in [0.2, 0.25) is 0 Å². The number of benzene rings is 1. The predicted molar refractivity (Wildman–Crippen MR) is 78.6 cm³/mol. The molecule has 0 saturated carbocycles. The van der Waals surface area contributed by atoms with Gasteiger partial charge in [0.05, 0.1) is 0 Å². The van der Waals surface area contributed by atoms with Crippen molar-refractivity contribution in [1.82, 2.24) is 5.32 Å². The van der Waals surface area contributed by atoms with Gasteiger partial charge in [-0.1, -0.05) is 37.3 Å². The molecule has 1 aromatic rings. The molecule has 0 spiro atoms. The molecule has 1 amide bonds. The molecule has 1 rings (SSSR count). The van der Waals surface area contributed by atoms with Crippen LogP contribution in [-0.2, 0) is 4.79 Å². The summed E-state index contributed by atoms with van der Waals surface area (Å²) >= 11 is 1.89. The summed E-state index contributed by atoms with van der Waals surface area (Å²) in [5.41, 5.74) is 6.78. The smallest absolute Gasteiger partial charge is 0.241 e. The van der Waals surface area contributed by atoms with Crippen LogP contribution < -0.4 is 11.1 Å². The SMILES string of the molecule is CCSCCC(C)NC(=O)[C@@H](N)c1ccccc1. The number of amides is 1. The van der Waals surface area contributed by atoms with Crippen LogP contribution >= 0.6 is 11.8 Å². The van der Waals surface area contributed by atoms with E-state index < -0.39 is 6.04 Å². The highest BCUT2D eigenvalue weighted by molar-refractivity contribution is 7.99. The summed E-state index contributed by atoms with van der Waals surface area (Å²) < 4.78 is 0. The Bertz CT molecular complexity index is 356. The Morgan fingerprint density at radius 3 is 2.67 bits per heavy atom. The Morgan fingerprint density at radius 2 is 2.06 bits per heavy atom. The van der Waals surface area contributed by atoms with Gasteiger partial charge in [-0.05, 0) is 30.4 Å². The molecule has 0 saturated heterocycles.